The Morgan fingerprint density at radius 3 is 2.61 bits per heavy atom. The fourth-order valence-electron chi connectivity index (χ4n) is 2.10. The van der Waals surface area contributed by atoms with E-state index in [2.05, 4.69) is 17.4 Å². The maximum atomic E-state index is 12.0. The Morgan fingerprint density at radius 1 is 1.22 bits per heavy atom. The summed E-state index contributed by atoms with van der Waals surface area (Å²) in [5.41, 5.74) is 2.22. The molecule has 2 aromatic rings. The first-order chi connectivity index (χ1) is 11.1. The van der Waals surface area contributed by atoms with Crippen LogP contribution in [0.15, 0.2) is 48.5 Å². The molecule has 5 nitrogen and oxygen atoms in total. The summed E-state index contributed by atoms with van der Waals surface area (Å²) in [6.45, 7) is 2.19. The average Bonchev–Trinajstić information content (AvgIpc) is 2.55. The highest BCUT2D eigenvalue weighted by Crippen LogP contribution is 2.18. The maximum absolute atomic E-state index is 12.0. The van der Waals surface area contributed by atoms with Crippen molar-refractivity contribution in [2.24, 2.45) is 0 Å². The number of aryl methyl sites for hydroxylation is 1. The second kappa shape index (κ2) is 8.33. The third kappa shape index (κ3) is 5.10. The van der Waals surface area contributed by atoms with Crippen LogP contribution in [-0.4, -0.2) is 23.1 Å². The normalized spacial score (nSPS) is 10.3. The van der Waals surface area contributed by atoms with Gasteiger partial charge in [0.2, 0.25) is 0 Å². The van der Waals surface area contributed by atoms with Gasteiger partial charge in [-0.1, -0.05) is 30.3 Å². The summed E-state index contributed by atoms with van der Waals surface area (Å²) in [5, 5.41) is 13.6. The number of nitro benzene ring substituents is 1. The van der Waals surface area contributed by atoms with Crippen LogP contribution in [0, 0.1) is 17.0 Å². The minimum absolute atomic E-state index is 0.0277. The molecular formula is C17H18N2O3S. The van der Waals surface area contributed by atoms with Crippen LogP contribution in [0.25, 0.3) is 0 Å². The van der Waals surface area contributed by atoms with Crippen LogP contribution in [0.5, 0.6) is 0 Å². The number of nitrogens with zero attached hydrogens (tertiary/aromatic N) is 1. The van der Waals surface area contributed by atoms with Gasteiger partial charge in [0, 0.05) is 35.2 Å². The van der Waals surface area contributed by atoms with Crippen molar-refractivity contribution in [3.8, 4) is 0 Å². The van der Waals surface area contributed by atoms with Crippen LogP contribution in [0.4, 0.5) is 5.69 Å². The maximum Gasteiger partial charge on any atom is 0.272 e. The molecule has 0 bridgehead atoms. The molecule has 0 saturated carbocycles. The van der Waals surface area contributed by atoms with Crippen LogP contribution >= 0.6 is 11.8 Å². The lowest BCUT2D eigenvalue weighted by atomic mass is 10.1. The van der Waals surface area contributed by atoms with Crippen molar-refractivity contribution in [2.45, 2.75) is 12.7 Å². The van der Waals surface area contributed by atoms with Gasteiger partial charge in [0.1, 0.15) is 0 Å². The Labute approximate surface area is 139 Å². The van der Waals surface area contributed by atoms with Gasteiger partial charge in [0.15, 0.2) is 0 Å². The molecule has 23 heavy (non-hydrogen) atoms. The minimum atomic E-state index is -0.447. The molecule has 0 aliphatic rings. The number of benzene rings is 2. The lowest BCUT2D eigenvalue weighted by Crippen LogP contribution is -2.25. The van der Waals surface area contributed by atoms with Crippen molar-refractivity contribution in [1.82, 2.24) is 5.32 Å². The fraction of sp³-hybridized carbons (Fsp3) is 0.235. The molecule has 0 aliphatic carbocycles. The van der Waals surface area contributed by atoms with Crippen molar-refractivity contribution in [3.63, 3.8) is 0 Å². The van der Waals surface area contributed by atoms with Crippen molar-refractivity contribution >= 4 is 23.4 Å². The molecule has 0 aromatic heterocycles. The van der Waals surface area contributed by atoms with Gasteiger partial charge < -0.3 is 5.32 Å². The Kier molecular flexibility index (Phi) is 6.17. The molecule has 0 unspecified atom stereocenters. The van der Waals surface area contributed by atoms with Gasteiger partial charge in [0.05, 0.1) is 4.92 Å². The zero-order valence-electron chi connectivity index (χ0n) is 12.8. The first-order valence-electron chi connectivity index (χ1n) is 7.23. The summed E-state index contributed by atoms with van der Waals surface area (Å²) in [4.78, 5) is 22.3. The first kappa shape index (κ1) is 17.0. The number of rotatable bonds is 7. The number of nitrogens with one attached hydrogen (secondary N) is 1. The summed E-state index contributed by atoms with van der Waals surface area (Å²) in [5.74, 6) is 1.52. The Balaban J connectivity index is 1.76. The highest BCUT2D eigenvalue weighted by molar-refractivity contribution is 7.98. The van der Waals surface area contributed by atoms with E-state index in [0.717, 1.165) is 11.5 Å². The molecule has 6 heteroatoms. The topological polar surface area (TPSA) is 72.2 Å². The van der Waals surface area contributed by atoms with E-state index in [1.54, 1.807) is 24.8 Å². The standard InChI is InChI=1S/C17H18N2O3S/c1-13-11-15(7-8-16(13)19(21)22)17(20)18-9-10-23-12-14-5-3-2-4-6-14/h2-8,11H,9-10,12H2,1H3,(H,18,20). The Morgan fingerprint density at radius 2 is 1.96 bits per heavy atom. The number of hydrogen-bond acceptors (Lipinski definition) is 4. The van der Waals surface area contributed by atoms with E-state index in [-0.39, 0.29) is 11.6 Å². The molecule has 120 valence electrons. The number of nitro groups is 1. The fourth-order valence-corrected chi connectivity index (χ4v) is 2.92. The highest BCUT2D eigenvalue weighted by Gasteiger charge is 2.13. The van der Waals surface area contributed by atoms with E-state index < -0.39 is 4.92 Å². The lowest BCUT2D eigenvalue weighted by molar-refractivity contribution is -0.385. The second-order valence-electron chi connectivity index (χ2n) is 5.05. The third-order valence-corrected chi connectivity index (χ3v) is 4.33. The number of amides is 1. The van der Waals surface area contributed by atoms with Crippen LogP contribution in [0.1, 0.15) is 21.5 Å². The van der Waals surface area contributed by atoms with Crippen LogP contribution < -0.4 is 5.32 Å². The molecule has 0 heterocycles. The Bertz CT molecular complexity index is 689. The number of carbonyl (C=O) groups is 1. The molecule has 0 fully saturated rings. The quantitative estimate of drug-likeness (QED) is 0.478. The lowest BCUT2D eigenvalue weighted by Gasteiger charge is -2.06. The largest absolute Gasteiger partial charge is 0.351 e. The SMILES string of the molecule is Cc1cc(C(=O)NCCSCc2ccccc2)ccc1[N+](=O)[O-]. The molecule has 1 N–H and O–H groups in total. The molecule has 2 aromatic carbocycles. The van der Waals surface area contributed by atoms with E-state index in [0.29, 0.717) is 17.7 Å². The van der Waals surface area contributed by atoms with Gasteiger partial charge in [-0.15, -0.1) is 0 Å². The molecule has 1 amide bonds. The average molecular weight is 330 g/mol. The Hall–Kier alpha value is -2.34. The smallest absolute Gasteiger partial charge is 0.272 e. The number of carbonyl (C=O) groups excluding carboxylic acids is 1. The predicted molar refractivity (Wildman–Crippen MR) is 92.8 cm³/mol. The third-order valence-electron chi connectivity index (χ3n) is 3.30. The zero-order chi connectivity index (χ0) is 16.7. The van der Waals surface area contributed by atoms with Crippen molar-refractivity contribution in [1.29, 1.82) is 0 Å². The van der Waals surface area contributed by atoms with Gasteiger partial charge in [-0.2, -0.15) is 11.8 Å². The van der Waals surface area contributed by atoms with E-state index >= 15 is 0 Å². The van der Waals surface area contributed by atoms with Crippen LogP contribution in [0.3, 0.4) is 0 Å². The summed E-state index contributed by atoms with van der Waals surface area (Å²) in [7, 11) is 0. The molecule has 2 rings (SSSR count). The van der Waals surface area contributed by atoms with Gasteiger partial charge in [-0.25, -0.2) is 0 Å². The van der Waals surface area contributed by atoms with Crippen molar-refractivity contribution in [3.05, 3.63) is 75.3 Å². The first-order valence-corrected chi connectivity index (χ1v) is 8.38. The van der Waals surface area contributed by atoms with E-state index in [4.69, 9.17) is 0 Å². The van der Waals surface area contributed by atoms with Crippen LogP contribution in [-0.2, 0) is 5.75 Å². The van der Waals surface area contributed by atoms with Gasteiger partial charge in [0.25, 0.3) is 11.6 Å². The number of hydrogen-bond donors (Lipinski definition) is 1. The summed E-state index contributed by atoms with van der Waals surface area (Å²) >= 11 is 1.75. The van der Waals surface area contributed by atoms with E-state index in [1.807, 2.05) is 18.2 Å². The molecule has 0 saturated heterocycles. The molecular weight excluding hydrogens is 312 g/mol. The molecule has 0 radical (unpaired) electrons. The summed E-state index contributed by atoms with van der Waals surface area (Å²) in [6.07, 6.45) is 0. The number of thioether (sulfide) groups is 1. The van der Waals surface area contributed by atoms with E-state index in [9.17, 15) is 14.9 Å². The van der Waals surface area contributed by atoms with Gasteiger partial charge in [-0.05, 0) is 24.6 Å². The predicted octanol–water partition coefficient (Wildman–Crippen LogP) is 3.57. The summed E-state index contributed by atoms with van der Waals surface area (Å²) < 4.78 is 0. The minimum Gasteiger partial charge on any atom is -0.351 e. The van der Waals surface area contributed by atoms with Crippen LogP contribution in [0.2, 0.25) is 0 Å². The molecule has 0 atom stereocenters. The van der Waals surface area contributed by atoms with E-state index in [1.165, 1.54) is 17.7 Å². The summed E-state index contributed by atoms with van der Waals surface area (Å²) in [6, 6.07) is 14.6. The highest BCUT2D eigenvalue weighted by atomic mass is 32.2. The van der Waals surface area contributed by atoms with Gasteiger partial charge in [-0.3, -0.25) is 14.9 Å². The van der Waals surface area contributed by atoms with Crippen molar-refractivity contribution < 1.29 is 9.72 Å². The van der Waals surface area contributed by atoms with Gasteiger partial charge >= 0.3 is 0 Å². The zero-order valence-corrected chi connectivity index (χ0v) is 13.6. The molecule has 0 aliphatic heterocycles. The monoisotopic (exact) mass is 330 g/mol. The second-order valence-corrected chi connectivity index (χ2v) is 6.16. The molecule has 0 spiro atoms. The van der Waals surface area contributed by atoms with Crippen molar-refractivity contribution in [2.75, 3.05) is 12.3 Å².